The van der Waals surface area contributed by atoms with Crippen LogP contribution in [-0.4, -0.2) is 50.5 Å². The molecule has 1 saturated heterocycles. The Hall–Kier alpha value is -1.75. The third kappa shape index (κ3) is 5.87. The molecule has 1 heterocycles. The lowest BCUT2D eigenvalue weighted by atomic mass is 10.1. The van der Waals surface area contributed by atoms with E-state index in [1.807, 2.05) is 18.2 Å². The first-order chi connectivity index (χ1) is 13.5. The van der Waals surface area contributed by atoms with Gasteiger partial charge in [-0.3, -0.25) is 0 Å². The number of anilines is 1. The summed E-state index contributed by atoms with van der Waals surface area (Å²) in [6, 6.07) is 14.3. The zero-order chi connectivity index (χ0) is 19.9. The summed E-state index contributed by atoms with van der Waals surface area (Å²) < 4.78 is 5.77. The van der Waals surface area contributed by atoms with Gasteiger partial charge in [0.2, 0.25) is 0 Å². The van der Waals surface area contributed by atoms with E-state index < -0.39 is 6.10 Å². The van der Waals surface area contributed by atoms with Crippen LogP contribution in [0.2, 0.25) is 5.02 Å². The number of nitrogens with one attached hydrogen (secondary N) is 1. The van der Waals surface area contributed by atoms with Crippen molar-refractivity contribution in [3.63, 3.8) is 0 Å². The Bertz CT molecular complexity index is 743. The van der Waals surface area contributed by atoms with Gasteiger partial charge in [0, 0.05) is 10.7 Å². The summed E-state index contributed by atoms with van der Waals surface area (Å²) in [7, 11) is 0. The van der Waals surface area contributed by atoms with Crippen molar-refractivity contribution in [1.29, 1.82) is 0 Å². The zero-order valence-electron chi connectivity index (χ0n) is 17.0. The van der Waals surface area contributed by atoms with Gasteiger partial charge in [-0.25, -0.2) is 0 Å². The summed E-state index contributed by atoms with van der Waals surface area (Å²) in [5, 5.41) is 11.2. The first-order valence-electron chi connectivity index (χ1n) is 10.3. The molecule has 1 fully saturated rings. The number of halogens is 1. The maximum Gasteiger partial charge on any atom is 0.137 e. The number of hydrogen-bond acceptors (Lipinski definition) is 3. The van der Waals surface area contributed by atoms with Gasteiger partial charge in [0.15, 0.2) is 0 Å². The second kappa shape index (κ2) is 10.1. The van der Waals surface area contributed by atoms with Crippen molar-refractivity contribution in [2.24, 2.45) is 0 Å². The molecule has 1 aliphatic rings. The number of nitrogens with zero attached hydrogens (tertiary/aromatic N) is 1. The first kappa shape index (κ1) is 21.0. The molecule has 0 amide bonds. The molecule has 0 spiro atoms. The zero-order valence-corrected chi connectivity index (χ0v) is 17.7. The van der Waals surface area contributed by atoms with E-state index >= 15 is 0 Å². The molecule has 2 aromatic rings. The lowest BCUT2D eigenvalue weighted by molar-refractivity contribution is -0.903. The lowest BCUT2D eigenvalue weighted by Gasteiger charge is -2.35. The molecule has 1 atom stereocenters. The smallest absolute Gasteiger partial charge is 0.137 e. The molecule has 0 aromatic heterocycles. The van der Waals surface area contributed by atoms with Crippen molar-refractivity contribution in [3.8, 4) is 5.75 Å². The lowest BCUT2D eigenvalue weighted by Crippen LogP contribution is -3.16. The number of ether oxygens (including phenoxy) is 1. The minimum absolute atomic E-state index is 0.341. The molecular weight excluding hydrogens is 372 g/mol. The molecule has 0 bridgehead atoms. The number of benzene rings is 2. The van der Waals surface area contributed by atoms with Crippen LogP contribution >= 0.6 is 11.6 Å². The first-order valence-corrected chi connectivity index (χ1v) is 10.7. The minimum atomic E-state index is -0.454. The molecule has 5 heteroatoms. The molecule has 2 N–H and O–H groups in total. The van der Waals surface area contributed by atoms with E-state index in [-0.39, 0.29) is 0 Å². The van der Waals surface area contributed by atoms with E-state index in [0.717, 1.165) is 56.3 Å². The summed E-state index contributed by atoms with van der Waals surface area (Å²) in [4.78, 5) is 3.82. The van der Waals surface area contributed by atoms with Crippen molar-refractivity contribution in [2.75, 3.05) is 44.2 Å². The average molecular weight is 404 g/mol. The van der Waals surface area contributed by atoms with Gasteiger partial charge >= 0.3 is 0 Å². The summed E-state index contributed by atoms with van der Waals surface area (Å²) >= 11 is 6.16. The number of piperazine rings is 1. The molecule has 0 radical (unpaired) electrons. The van der Waals surface area contributed by atoms with Crippen LogP contribution in [0.25, 0.3) is 0 Å². The highest BCUT2D eigenvalue weighted by Crippen LogP contribution is 2.24. The van der Waals surface area contributed by atoms with Crippen molar-refractivity contribution in [1.82, 2.24) is 0 Å². The third-order valence-electron chi connectivity index (χ3n) is 5.41. The van der Waals surface area contributed by atoms with Crippen molar-refractivity contribution in [2.45, 2.75) is 32.8 Å². The van der Waals surface area contributed by atoms with Crippen molar-refractivity contribution >= 4 is 17.3 Å². The molecule has 0 saturated carbocycles. The molecule has 2 aromatic carbocycles. The van der Waals surface area contributed by atoms with Crippen molar-refractivity contribution in [3.05, 3.63) is 58.6 Å². The number of hydrogen-bond donors (Lipinski definition) is 2. The standard InChI is InChI=1S/C23H31ClN2O2/c1-3-4-19-6-9-22(10-7-19)28-17-21(27)16-25-11-13-26(14-12-25)23-15-20(24)8-5-18(23)2/h5-10,15,21,27H,3-4,11-14,16-17H2,1-2H3/p+1/t21-/m1/s1. The summed E-state index contributed by atoms with van der Waals surface area (Å²) in [6.07, 6.45) is 1.78. The van der Waals surface area contributed by atoms with Gasteiger partial charge in [-0.15, -0.1) is 0 Å². The topological polar surface area (TPSA) is 37.1 Å². The number of rotatable bonds is 8. The predicted molar refractivity (Wildman–Crippen MR) is 116 cm³/mol. The van der Waals surface area contributed by atoms with Gasteiger partial charge in [0.1, 0.15) is 25.0 Å². The maximum absolute atomic E-state index is 10.4. The van der Waals surface area contributed by atoms with E-state index in [2.05, 4.69) is 43.0 Å². The van der Waals surface area contributed by atoms with Crippen LogP contribution in [-0.2, 0) is 6.42 Å². The highest BCUT2D eigenvalue weighted by Gasteiger charge is 2.23. The highest BCUT2D eigenvalue weighted by molar-refractivity contribution is 6.30. The van der Waals surface area contributed by atoms with Crippen LogP contribution < -0.4 is 14.5 Å². The van der Waals surface area contributed by atoms with Gasteiger partial charge in [-0.1, -0.05) is 43.1 Å². The van der Waals surface area contributed by atoms with Gasteiger partial charge < -0.3 is 19.6 Å². The molecule has 0 aliphatic carbocycles. The Balaban J connectivity index is 1.42. The summed E-state index contributed by atoms with van der Waals surface area (Å²) in [5.74, 6) is 0.829. The Morgan fingerprint density at radius 3 is 2.54 bits per heavy atom. The van der Waals surface area contributed by atoms with Gasteiger partial charge in [-0.2, -0.15) is 0 Å². The molecule has 4 nitrogen and oxygen atoms in total. The number of quaternary nitrogens is 1. The Labute approximate surface area is 173 Å². The Morgan fingerprint density at radius 1 is 1.14 bits per heavy atom. The van der Waals surface area contributed by atoms with Crippen LogP contribution in [0, 0.1) is 6.92 Å². The fourth-order valence-corrected chi connectivity index (χ4v) is 3.98. The number of aliphatic hydroxyl groups is 1. The second-order valence-electron chi connectivity index (χ2n) is 7.73. The van der Waals surface area contributed by atoms with Crippen LogP contribution in [0.3, 0.4) is 0 Å². The van der Waals surface area contributed by atoms with E-state index in [0.29, 0.717) is 6.61 Å². The Morgan fingerprint density at radius 2 is 1.86 bits per heavy atom. The van der Waals surface area contributed by atoms with Crippen LogP contribution in [0.5, 0.6) is 5.75 Å². The van der Waals surface area contributed by atoms with Gasteiger partial charge in [-0.05, 0) is 48.7 Å². The molecular formula is C23H32ClN2O2+. The van der Waals surface area contributed by atoms with Gasteiger partial charge in [0.25, 0.3) is 0 Å². The van der Waals surface area contributed by atoms with E-state index in [9.17, 15) is 5.11 Å². The van der Waals surface area contributed by atoms with E-state index in [1.165, 1.54) is 21.7 Å². The normalized spacial score (nSPS) is 16.2. The molecule has 0 unspecified atom stereocenters. The largest absolute Gasteiger partial charge is 0.491 e. The van der Waals surface area contributed by atoms with Crippen LogP contribution in [0.15, 0.2) is 42.5 Å². The quantitative estimate of drug-likeness (QED) is 0.711. The molecule has 3 rings (SSSR count). The predicted octanol–water partition coefficient (Wildman–Crippen LogP) is 2.75. The van der Waals surface area contributed by atoms with Crippen molar-refractivity contribution < 1.29 is 14.7 Å². The van der Waals surface area contributed by atoms with Crippen LogP contribution in [0.4, 0.5) is 5.69 Å². The summed E-state index contributed by atoms with van der Waals surface area (Å²) in [6.45, 7) is 9.33. The fraction of sp³-hybridized carbons (Fsp3) is 0.478. The average Bonchev–Trinajstić information content (AvgIpc) is 2.70. The fourth-order valence-electron chi connectivity index (χ4n) is 3.82. The molecule has 28 heavy (non-hydrogen) atoms. The minimum Gasteiger partial charge on any atom is -0.491 e. The van der Waals surface area contributed by atoms with E-state index in [1.54, 1.807) is 0 Å². The van der Waals surface area contributed by atoms with Gasteiger partial charge in [0.05, 0.1) is 26.2 Å². The SMILES string of the molecule is CCCc1ccc(OC[C@H](O)C[NH+]2CCN(c3cc(Cl)ccc3C)CC2)cc1. The summed E-state index contributed by atoms with van der Waals surface area (Å²) in [5.41, 5.74) is 3.81. The van der Waals surface area contributed by atoms with E-state index in [4.69, 9.17) is 16.3 Å². The highest BCUT2D eigenvalue weighted by atomic mass is 35.5. The monoisotopic (exact) mass is 403 g/mol. The second-order valence-corrected chi connectivity index (χ2v) is 8.17. The Kier molecular flexibility index (Phi) is 7.60. The molecule has 152 valence electrons. The molecule has 1 aliphatic heterocycles. The number of aliphatic hydroxyl groups excluding tert-OH is 1. The van der Waals surface area contributed by atoms with Crippen LogP contribution in [0.1, 0.15) is 24.5 Å². The third-order valence-corrected chi connectivity index (χ3v) is 5.65. The number of aryl methyl sites for hydroxylation is 2. The maximum atomic E-state index is 10.4.